The molecule has 7 heteroatoms. The number of imidazole rings is 1. The number of nitrogens with zero attached hydrogens (tertiary/aromatic N) is 3. The summed E-state index contributed by atoms with van der Waals surface area (Å²) in [5.41, 5.74) is 0. The average Bonchev–Trinajstić information content (AvgIpc) is 2.77. The van der Waals surface area contributed by atoms with Gasteiger partial charge in [0.05, 0.1) is 6.54 Å². The van der Waals surface area contributed by atoms with E-state index in [0.717, 1.165) is 0 Å². The Bertz CT molecular complexity index is 444. The summed E-state index contributed by atoms with van der Waals surface area (Å²) < 4.78 is 1.80. The number of nitrogens with one attached hydrogen (secondary N) is 1. The highest BCUT2D eigenvalue weighted by atomic mass is 16.4. The van der Waals surface area contributed by atoms with E-state index < -0.39 is 5.97 Å². The maximum absolute atomic E-state index is 12.0. The lowest BCUT2D eigenvalue weighted by Crippen LogP contribution is -2.47. The third-order valence-electron chi connectivity index (χ3n) is 3.01. The Hall–Kier alpha value is -2.05. The van der Waals surface area contributed by atoms with Gasteiger partial charge in [0.1, 0.15) is 12.4 Å². The van der Waals surface area contributed by atoms with Crippen molar-refractivity contribution < 1.29 is 14.7 Å². The number of hydrogen-bond acceptors (Lipinski definition) is 3. The third kappa shape index (κ3) is 4.27. The minimum absolute atomic E-state index is 0.127. The van der Waals surface area contributed by atoms with Crippen LogP contribution in [0.4, 0.5) is 4.79 Å². The molecule has 0 spiro atoms. The molecule has 1 unspecified atom stereocenters. The molecule has 106 valence electrons. The minimum atomic E-state index is -1.02. The highest BCUT2D eigenvalue weighted by Crippen LogP contribution is 2.04. The van der Waals surface area contributed by atoms with Gasteiger partial charge in [0, 0.05) is 25.5 Å². The molecule has 1 aromatic heterocycles. The molecule has 0 saturated heterocycles. The molecule has 0 aliphatic rings. The zero-order chi connectivity index (χ0) is 14.4. The molecule has 0 saturated carbocycles. The largest absolute Gasteiger partial charge is 0.480 e. The highest BCUT2D eigenvalue weighted by Gasteiger charge is 2.21. The van der Waals surface area contributed by atoms with Crippen molar-refractivity contribution in [3.63, 3.8) is 0 Å². The number of rotatable bonds is 6. The first-order chi connectivity index (χ1) is 8.95. The Morgan fingerprint density at radius 1 is 1.58 bits per heavy atom. The predicted molar refractivity (Wildman–Crippen MR) is 69.5 cm³/mol. The van der Waals surface area contributed by atoms with Gasteiger partial charge in [-0.3, -0.25) is 4.79 Å². The normalized spacial score (nSPS) is 11.9. The van der Waals surface area contributed by atoms with E-state index in [-0.39, 0.29) is 25.2 Å². The number of amides is 2. The second kappa shape index (κ2) is 6.77. The van der Waals surface area contributed by atoms with Crippen LogP contribution in [0.15, 0.2) is 12.4 Å². The molecule has 0 aliphatic carbocycles. The second-order valence-electron chi connectivity index (χ2n) is 4.39. The van der Waals surface area contributed by atoms with Crippen molar-refractivity contribution in [1.82, 2.24) is 19.8 Å². The van der Waals surface area contributed by atoms with Gasteiger partial charge in [-0.2, -0.15) is 0 Å². The van der Waals surface area contributed by atoms with Gasteiger partial charge in [-0.15, -0.1) is 0 Å². The summed E-state index contributed by atoms with van der Waals surface area (Å²) in [7, 11) is 1.83. The number of hydrogen-bond donors (Lipinski definition) is 2. The van der Waals surface area contributed by atoms with Crippen LogP contribution >= 0.6 is 0 Å². The Kier molecular flexibility index (Phi) is 5.35. The van der Waals surface area contributed by atoms with Crippen LogP contribution in [0.1, 0.15) is 26.1 Å². The maximum atomic E-state index is 12.0. The number of carbonyl (C=O) groups is 2. The molecule has 7 nitrogen and oxygen atoms in total. The highest BCUT2D eigenvalue weighted by molar-refractivity contribution is 5.80. The van der Waals surface area contributed by atoms with E-state index >= 15 is 0 Å². The van der Waals surface area contributed by atoms with Crippen LogP contribution in [0.25, 0.3) is 0 Å². The maximum Gasteiger partial charge on any atom is 0.323 e. The predicted octanol–water partition coefficient (Wildman–Crippen LogP) is 0.815. The smallest absolute Gasteiger partial charge is 0.323 e. The summed E-state index contributed by atoms with van der Waals surface area (Å²) in [6.45, 7) is 3.70. The van der Waals surface area contributed by atoms with Crippen LogP contribution < -0.4 is 5.32 Å². The molecule has 1 atom stereocenters. The molecular formula is C12H20N4O3. The number of aliphatic carboxylic acids is 1. The fourth-order valence-corrected chi connectivity index (χ4v) is 1.62. The lowest BCUT2D eigenvalue weighted by molar-refractivity contribution is -0.138. The van der Waals surface area contributed by atoms with Crippen molar-refractivity contribution in [1.29, 1.82) is 0 Å². The quantitative estimate of drug-likeness (QED) is 0.799. The second-order valence-corrected chi connectivity index (χ2v) is 4.39. The number of urea groups is 1. The van der Waals surface area contributed by atoms with Gasteiger partial charge in [-0.05, 0) is 13.3 Å². The molecular weight excluding hydrogens is 248 g/mol. The van der Waals surface area contributed by atoms with Crippen molar-refractivity contribution >= 4 is 12.0 Å². The lowest BCUT2D eigenvalue weighted by Gasteiger charge is -2.27. The van der Waals surface area contributed by atoms with Crippen LogP contribution in [0.2, 0.25) is 0 Å². The molecule has 2 N–H and O–H groups in total. The van der Waals surface area contributed by atoms with Crippen molar-refractivity contribution in [3.05, 3.63) is 18.2 Å². The van der Waals surface area contributed by atoms with Crippen molar-refractivity contribution in [2.24, 2.45) is 7.05 Å². The summed E-state index contributed by atoms with van der Waals surface area (Å²) in [5.74, 6) is -0.305. The van der Waals surface area contributed by atoms with Gasteiger partial charge in [0.15, 0.2) is 0 Å². The van der Waals surface area contributed by atoms with Crippen LogP contribution in [0.5, 0.6) is 0 Å². The first-order valence-electron chi connectivity index (χ1n) is 6.18. The minimum Gasteiger partial charge on any atom is -0.480 e. The average molecular weight is 268 g/mol. The van der Waals surface area contributed by atoms with E-state index in [9.17, 15) is 9.59 Å². The first-order valence-corrected chi connectivity index (χ1v) is 6.18. The molecule has 2 amide bonds. The number of aromatic nitrogens is 2. The Morgan fingerprint density at radius 2 is 2.26 bits per heavy atom. The van der Waals surface area contributed by atoms with Crippen LogP contribution in [-0.2, 0) is 18.4 Å². The van der Waals surface area contributed by atoms with Gasteiger partial charge in [-0.25, -0.2) is 9.78 Å². The fraction of sp³-hybridized carbons (Fsp3) is 0.583. The third-order valence-corrected chi connectivity index (χ3v) is 3.01. The van der Waals surface area contributed by atoms with Crippen molar-refractivity contribution in [2.75, 3.05) is 6.54 Å². The summed E-state index contributed by atoms with van der Waals surface area (Å²) in [6, 6.07) is -0.516. The molecule has 0 bridgehead atoms. The van der Waals surface area contributed by atoms with Gasteiger partial charge < -0.3 is 19.9 Å². The van der Waals surface area contributed by atoms with Crippen molar-refractivity contribution in [2.45, 2.75) is 32.9 Å². The molecule has 0 aliphatic heterocycles. The standard InChI is InChI=1S/C12H20N4O3/c1-4-9(2)16(8-11(17)18)12(19)14-7-10-13-5-6-15(10)3/h5-6,9H,4,7-8H2,1-3H3,(H,14,19)(H,17,18). The van der Waals surface area contributed by atoms with Crippen LogP contribution in [-0.4, -0.2) is 44.1 Å². The SMILES string of the molecule is CCC(C)N(CC(=O)O)C(=O)NCc1nccn1C. The molecule has 1 heterocycles. The van der Waals surface area contributed by atoms with Gasteiger partial charge in [-0.1, -0.05) is 6.92 Å². The van der Waals surface area contributed by atoms with E-state index in [0.29, 0.717) is 12.2 Å². The van der Waals surface area contributed by atoms with Crippen molar-refractivity contribution in [3.8, 4) is 0 Å². The molecule has 0 radical (unpaired) electrons. The fourth-order valence-electron chi connectivity index (χ4n) is 1.62. The molecule has 0 fully saturated rings. The first kappa shape index (κ1) is 15.0. The van der Waals surface area contributed by atoms with Gasteiger partial charge in [0.2, 0.25) is 0 Å². The number of carboxylic acid groups (broad SMARTS) is 1. The Morgan fingerprint density at radius 3 is 2.74 bits per heavy atom. The van der Waals surface area contributed by atoms with E-state index in [1.165, 1.54) is 4.90 Å². The van der Waals surface area contributed by atoms with Gasteiger partial charge in [0.25, 0.3) is 0 Å². The summed E-state index contributed by atoms with van der Waals surface area (Å²) in [6.07, 6.45) is 4.12. The van der Waals surface area contributed by atoms with E-state index in [1.807, 2.05) is 20.9 Å². The number of aryl methyl sites for hydroxylation is 1. The zero-order valence-electron chi connectivity index (χ0n) is 11.5. The zero-order valence-corrected chi connectivity index (χ0v) is 11.5. The summed E-state index contributed by atoms with van der Waals surface area (Å²) in [5, 5.41) is 11.5. The molecule has 19 heavy (non-hydrogen) atoms. The topological polar surface area (TPSA) is 87.5 Å². The summed E-state index contributed by atoms with van der Waals surface area (Å²) >= 11 is 0. The molecule has 1 aromatic rings. The molecule has 1 rings (SSSR count). The summed E-state index contributed by atoms with van der Waals surface area (Å²) in [4.78, 5) is 28.2. The van der Waals surface area contributed by atoms with E-state index in [4.69, 9.17) is 5.11 Å². The van der Waals surface area contributed by atoms with E-state index in [2.05, 4.69) is 10.3 Å². The van der Waals surface area contributed by atoms with Gasteiger partial charge >= 0.3 is 12.0 Å². The molecule has 0 aromatic carbocycles. The van der Waals surface area contributed by atoms with Crippen LogP contribution in [0, 0.1) is 0 Å². The Labute approximate surface area is 112 Å². The monoisotopic (exact) mass is 268 g/mol. The number of carboxylic acids is 1. The number of carbonyl (C=O) groups excluding carboxylic acids is 1. The van der Waals surface area contributed by atoms with Crippen LogP contribution in [0.3, 0.4) is 0 Å². The lowest BCUT2D eigenvalue weighted by atomic mass is 10.2. The van der Waals surface area contributed by atoms with E-state index in [1.54, 1.807) is 17.0 Å². The Balaban J connectivity index is 2.61.